The zero-order valence-corrected chi connectivity index (χ0v) is 19.9. The maximum atomic E-state index is 12.9. The van der Waals surface area contributed by atoms with Gasteiger partial charge in [0.15, 0.2) is 0 Å². The Kier molecular flexibility index (Phi) is 13.4. The van der Waals surface area contributed by atoms with Crippen LogP contribution in [0.2, 0.25) is 5.02 Å². The lowest BCUT2D eigenvalue weighted by Crippen LogP contribution is -2.50. The quantitative estimate of drug-likeness (QED) is 0.566. The van der Waals surface area contributed by atoms with Crippen molar-refractivity contribution < 1.29 is 34.1 Å². The molecule has 10 nitrogen and oxygen atoms in total. The molecule has 0 saturated carbocycles. The van der Waals surface area contributed by atoms with E-state index in [4.69, 9.17) is 46.6 Å². The van der Waals surface area contributed by atoms with Gasteiger partial charge in [-0.2, -0.15) is 0 Å². The number of nitrogens with zero attached hydrogens (tertiary/aromatic N) is 2. The number of morpholine rings is 1. The van der Waals surface area contributed by atoms with Gasteiger partial charge in [0, 0.05) is 57.6 Å². The molecule has 1 aromatic carbocycles. The third-order valence-corrected chi connectivity index (χ3v) is 5.10. The first kappa shape index (κ1) is 28.6. The SMILES string of the molecule is CC(=O)O.CC(=O)O.NCCOc1ccc(Cl)cc1C(=O)N1CCC(N2CCOCC2)CC1. The lowest BCUT2D eigenvalue weighted by molar-refractivity contribution is -0.135. The number of hydrogen-bond acceptors (Lipinski definition) is 7. The molecule has 0 radical (unpaired) electrons. The Hall–Kier alpha value is -2.40. The Balaban J connectivity index is 0.000000591. The van der Waals surface area contributed by atoms with Crippen molar-refractivity contribution in [2.75, 3.05) is 52.5 Å². The number of hydrogen-bond donors (Lipinski definition) is 3. The molecule has 2 aliphatic heterocycles. The fourth-order valence-corrected chi connectivity index (χ4v) is 3.68. The summed E-state index contributed by atoms with van der Waals surface area (Å²) >= 11 is 6.09. The summed E-state index contributed by atoms with van der Waals surface area (Å²) in [5.41, 5.74) is 6.02. The van der Waals surface area contributed by atoms with Crippen molar-refractivity contribution in [3.05, 3.63) is 28.8 Å². The average Bonchev–Trinajstić information content (AvgIpc) is 2.78. The van der Waals surface area contributed by atoms with Crippen molar-refractivity contribution in [2.24, 2.45) is 5.73 Å². The Labute approximate surface area is 199 Å². The van der Waals surface area contributed by atoms with Gasteiger partial charge in [0.05, 0.1) is 18.8 Å². The van der Waals surface area contributed by atoms with Crippen LogP contribution in [0.15, 0.2) is 18.2 Å². The molecule has 0 unspecified atom stereocenters. The van der Waals surface area contributed by atoms with E-state index >= 15 is 0 Å². The van der Waals surface area contributed by atoms with Gasteiger partial charge in [-0.1, -0.05) is 11.6 Å². The van der Waals surface area contributed by atoms with Crippen LogP contribution in [0, 0.1) is 0 Å². The molecule has 2 fully saturated rings. The summed E-state index contributed by atoms with van der Waals surface area (Å²) in [6, 6.07) is 5.70. The van der Waals surface area contributed by atoms with Crippen molar-refractivity contribution in [3.8, 4) is 5.75 Å². The Bertz CT molecular complexity index is 744. The molecule has 3 rings (SSSR count). The molecule has 11 heteroatoms. The highest BCUT2D eigenvalue weighted by atomic mass is 35.5. The van der Waals surface area contributed by atoms with Crippen LogP contribution in [0.3, 0.4) is 0 Å². The third-order valence-electron chi connectivity index (χ3n) is 4.86. The Morgan fingerprint density at radius 1 is 1.09 bits per heavy atom. The summed E-state index contributed by atoms with van der Waals surface area (Å²) in [5.74, 6) is -1.13. The van der Waals surface area contributed by atoms with E-state index < -0.39 is 11.9 Å². The lowest BCUT2D eigenvalue weighted by Gasteiger charge is -2.40. The predicted molar refractivity (Wildman–Crippen MR) is 124 cm³/mol. The van der Waals surface area contributed by atoms with Crippen LogP contribution in [-0.2, 0) is 14.3 Å². The third kappa shape index (κ3) is 11.3. The average molecular weight is 488 g/mol. The van der Waals surface area contributed by atoms with Crippen LogP contribution < -0.4 is 10.5 Å². The molecule has 2 saturated heterocycles. The second kappa shape index (κ2) is 15.4. The topological polar surface area (TPSA) is 143 Å². The van der Waals surface area contributed by atoms with E-state index in [9.17, 15) is 4.79 Å². The molecule has 186 valence electrons. The van der Waals surface area contributed by atoms with Gasteiger partial charge in [0.1, 0.15) is 12.4 Å². The van der Waals surface area contributed by atoms with Gasteiger partial charge in [0.25, 0.3) is 17.8 Å². The van der Waals surface area contributed by atoms with Crippen LogP contribution in [0.1, 0.15) is 37.0 Å². The van der Waals surface area contributed by atoms with Gasteiger partial charge in [-0.3, -0.25) is 19.3 Å². The minimum absolute atomic E-state index is 0.0186. The predicted octanol–water partition coefficient (Wildman–Crippen LogP) is 1.80. The normalized spacial score (nSPS) is 16.5. The molecule has 0 bridgehead atoms. The van der Waals surface area contributed by atoms with E-state index in [-0.39, 0.29) is 5.91 Å². The molecule has 0 aliphatic carbocycles. The van der Waals surface area contributed by atoms with E-state index in [1.165, 1.54) is 0 Å². The number of benzene rings is 1. The minimum Gasteiger partial charge on any atom is -0.491 e. The van der Waals surface area contributed by atoms with Gasteiger partial charge < -0.3 is 30.3 Å². The van der Waals surface area contributed by atoms with Gasteiger partial charge in [-0.05, 0) is 31.0 Å². The number of halogens is 1. The van der Waals surface area contributed by atoms with Gasteiger partial charge in [-0.15, -0.1) is 0 Å². The molecule has 0 atom stereocenters. The molecular formula is C22H34ClN3O7. The van der Waals surface area contributed by atoms with Crippen LogP contribution in [0.5, 0.6) is 5.75 Å². The number of carboxylic acid groups (broad SMARTS) is 2. The second-order valence-electron chi connectivity index (χ2n) is 7.49. The number of likely N-dealkylation sites (tertiary alicyclic amines) is 1. The maximum absolute atomic E-state index is 12.9. The second-order valence-corrected chi connectivity index (χ2v) is 7.92. The number of carbonyl (C=O) groups excluding carboxylic acids is 1. The number of piperidine rings is 1. The standard InChI is InChI=1S/C18H26ClN3O3.2C2H4O2/c19-14-1-2-17(25-10-5-20)16(13-14)18(23)22-6-3-15(4-7-22)21-8-11-24-12-9-21;2*1-2(3)4/h1-2,13,15H,3-12,20H2;2*1H3,(H,3,4). The van der Waals surface area contributed by atoms with Crippen LogP contribution >= 0.6 is 11.6 Å². The first-order valence-corrected chi connectivity index (χ1v) is 11.2. The molecular weight excluding hydrogens is 454 g/mol. The first-order valence-electron chi connectivity index (χ1n) is 10.8. The summed E-state index contributed by atoms with van der Waals surface area (Å²) in [7, 11) is 0. The highest BCUT2D eigenvalue weighted by Gasteiger charge is 2.29. The number of aliphatic carboxylic acids is 2. The molecule has 4 N–H and O–H groups in total. The van der Waals surface area contributed by atoms with Crippen molar-refractivity contribution in [3.63, 3.8) is 0 Å². The molecule has 2 aliphatic rings. The fourth-order valence-electron chi connectivity index (χ4n) is 3.51. The Morgan fingerprint density at radius 3 is 2.15 bits per heavy atom. The molecule has 0 aromatic heterocycles. The zero-order valence-electron chi connectivity index (χ0n) is 19.2. The Morgan fingerprint density at radius 2 is 1.64 bits per heavy atom. The highest BCUT2D eigenvalue weighted by molar-refractivity contribution is 6.31. The lowest BCUT2D eigenvalue weighted by atomic mass is 10.0. The number of amides is 1. The zero-order chi connectivity index (χ0) is 24.8. The number of carboxylic acids is 2. The van der Waals surface area contributed by atoms with E-state index in [0.717, 1.165) is 66.1 Å². The van der Waals surface area contributed by atoms with Gasteiger partial charge >= 0.3 is 0 Å². The van der Waals surface area contributed by atoms with E-state index in [2.05, 4.69) is 4.90 Å². The number of ether oxygens (including phenoxy) is 2. The molecule has 1 aromatic rings. The van der Waals surface area contributed by atoms with Crippen molar-refractivity contribution in [1.82, 2.24) is 9.80 Å². The van der Waals surface area contributed by atoms with Crippen LogP contribution in [-0.4, -0.2) is 96.4 Å². The van der Waals surface area contributed by atoms with Gasteiger partial charge in [0.2, 0.25) is 0 Å². The van der Waals surface area contributed by atoms with E-state index in [1.54, 1.807) is 18.2 Å². The first-order chi connectivity index (χ1) is 15.6. The smallest absolute Gasteiger partial charge is 0.300 e. The molecule has 1 amide bonds. The van der Waals surface area contributed by atoms with E-state index in [1.807, 2.05) is 4.90 Å². The minimum atomic E-state index is -0.833. The van der Waals surface area contributed by atoms with Gasteiger partial charge in [-0.25, -0.2) is 0 Å². The highest BCUT2D eigenvalue weighted by Crippen LogP contribution is 2.26. The molecule has 0 spiro atoms. The summed E-state index contributed by atoms with van der Waals surface area (Å²) in [6.45, 7) is 8.05. The summed E-state index contributed by atoms with van der Waals surface area (Å²) in [4.78, 5) is 35.3. The van der Waals surface area contributed by atoms with Crippen molar-refractivity contribution >= 4 is 29.4 Å². The van der Waals surface area contributed by atoms with Crippen molar-refractivity contribution in [2.45, 2.75) is 32.7 Å². The summed E-state index contributed by atoms with van der Waals surface area (Å²) in [5, 5.41) is 15.4. The summed E-state index contributed by atoms with van der Waals surface area (Å²) < 4.78 is 11.0. The number of nitrogens with two attached hydrogens (primary N) is 1. The van der Waals surface area contributed by atoms with E-state index in [0.29, 0.717) is 35.5 Å². The maximum Gasteiger partial charge on any atom is 0.300 e. The monoisotopic (exact) mass is 487 g/mol. The summed E-state index contributed by atoms with van der Waals surface area (Å²) in [6.07, 6.45) is 1.98. The molecule has 33 heavy (non-hydrogen) atoms. The van der Waals surface area contributed by atoms with Crippen LogP contribution in [0.25, 0.3) is 0 Å². The number of rotatable bonds is 5. The number of carbonyl (C=O) groups is 3. The fraction of sp³-hybridized carbons (Fsp3) is 0.591. The molecule has 2 heterocycles. The van der Waals surface area contributed by atoms with Crippen molar-refractivity contribution in [1.29, 1.82) is 0 Å². The van der Waals surface area contributed by atoms with Crippen LogP contribution in [0.4, 0.5) is 0 Å². The largest absolute Gasteiger partial charge is 0.491 e.